The molecule has 0 saturated carbocycles. The maximum absolute atomic E-state index is 12.0. The number of Topliss-reactive ketones (excluding diaryl/α,β-unsaturated/α-hetero) is 1. The SMILES string of the molecule is N#Cc1ccc(-n2ncc3c2CCCCC3=O)cc1. The summed E-state index contributed by atoms with van der Waals surface area (Å²) in [6, 6.07) is 9.35. The van der Waals surface area contributed by atoms with Gasteiger partial charge in [-0.1, -0.05) is 0 Å². The van der Waals surface area contributed by atoms with Crippen molar-refractivity contribution in [2.75, 3.05) is 0 Å². The van der Waals surface area contributed by atoms with Gasteiger partial charge < -0.3 is 0 Å². The third-order valence-corrected chi connectivity index (χ3v) is 3.48. The van der Waals surface area contributed by atoms with E-state index in [1.54, 1.807) is 18.3 Å². The number of rotatable bonds is 1. The van der Waals surface area contributed by atoms with Crippen LogP contribution in [0.15, 0.2) is 30.5 Å². The molecule has 1 aromatic carbocycles. The Labute approximate surface area is 111 Å². The Morgan fingerprint density at radius 3 is 2.63 bits per heavy atom. The summed E-state index contributed by atoms with van der Waals surface area (Å²) in [5, 5.41) is 13.1. The molecular formula is C15H13N3O. The van der Waals surface area contributed by atoms with Crippen LogP contribution in [0.25, 0.3) is 5.69 Å². The number of ketones is 1. The lowest BCUT2D eigenvalue weighted by atomic mass is 10.1. The molecule has 0 fully saturated rings. The number of fused-ring (bicyclic) bond motifs is 1. The molecule has 1 aromatic heterocycles. The molecule has 3 rings (SSSR count). The first-order chi connectivity index (χ1) is 9.29. The quantitative estimate of drug-likeness (QED) is 0.732. The molecule has 94 valence electrons. The molecule has 4 nitrogen and oxygen atoms in total. The van der Waals surface area contributed by atoms with Gasteiger partial charge in [0.2, 0.25) is 0 Å². The lowest BCUT2D eigenvalue weighted by molar-refractivity contribution is 0.0982. The summed E-state index contributed by atoms with van der Waals surface area (Å²) in [6.45, 7) is 0. The summed E-state index contributed by atoms with van der Waals surface area (Å²) in [5.41, 5.74) is 3.27. The van der Waals surface area contributed by atoms with Crippen molar-refractivity contribution in [3.8, 4) is 11.8 Å². The van der Waals surface area contributed by atoms with Gasteiger partial charge in [0.25, 0.3) is 0 Å². The van der Waals surface area contributed by atoms with Crippen molar-refractivity contribution in [1.29, 1.82) is 5.26 Å². The molecule has 0 spiro atoms. The van der Waals surface area contributed by atoms with E-state index in [2.05, 4.69) is 11.2 Å². The second-order valence-electron chi connectivity index (χ2n) is 4.71. The van der Waals surface area contributed by atoms with Crippen LogP contribution in [0.4, 0.5) is 0 Å². The molecule has 4 heteroatoms. The fraction of sp³-hybridized carbons (Fsp3) is 0.267. The Hall–Kier alpha value is -2.41. The van der Waals surface area contributed by atoms with Crippen molar-refractivity contribution < 1.29 is 4.79 Å². The molecule has 1 aliphatic rings. The molecule has 0 saturated heterocycles. The molecule has 0 amide bonds. The normalized spacial score (nSPS) is 14.6. The van der Waals surface area contributed by atoms with Crippen molar-refractivity contribution >= 4 is 5.78 Å². The van der Waals surface area contributed by atoms with E-state index in [1.165, 1.54) is 0 Å². The molecule has 1 aliphatic carbocycles. The Morgan fingerprint density at radius 1 is 1.16 bits per heavy atom. The molecule has 0 bridgehead atoms. The molecule has 19 heavy (non-hydrogen) atoms. The predicted molar refractivity (Wildman–Crippen MR) is 70.2 cm³/mol. The first-order valence-electron chi connectivity index (χ1n) is 6.40. The van der Waals surface area contributed by atoms with Gasteiger partial charge in [-0.05, 0) is 43.5 Å². The van der Waals surface area contributed by atoms with Crippen LogP contribution in [0, 0.1) is 11.3 Å². The summed E-state index contributed by atoms with van der Waals surface area (Å²) in [7, 11) is 0. The molecule has 2 aromatic rings. The van der Waals surface area contributed by atoms with Gasteiger partial charge in [-0.25, -0.2) is 4.68 Å². The van der Waals surface area contributed by atoms with Crippen molar-refractivity contribution in [2.24, 2.45) is 0 Å². The predicted octanol–water partition coefficient (Wildman–Crippen LogP) is 2.65. The zero-order valence-electron chi connectivity index (χ0n) is 10.5. The second-order valence-corrected chi connectivity index (χ2v) is 4.71. The second kappa shape index (κ2) is 4.69. The average molecular weight is 251 g/mol. The van der Waals surface area contributed by atoms with Gasteiger partial charge in [0.1, 0.15) is 0 Å². The number of nitrogens with zero attached hydrogens (tertiary/aromatic N) is 3. The van der Waals surface area contributed by atoms with Crippen molar-refractivity contribution in [2.45, 2.75) is 25.7 Å². The zero-order chi connectivity index (χ0) is 13.2. The summed E-state index contributed by atoms with van der Waals surface area (Å²) in [4.78, 5) is 12.0. The Bertz CT molecular complexity index is 662. The smallest absolute Gasteiger partial charge is 0.166 e. The standard InChI is InChI=1S/C15H13N3O/c16-9-11-5-7-12(8-6-11)18-14-3-1-2-4-15(19)13(14)10-17-18/h5-8,10H,1-4H2. The van der Waals surface area contributed by atoms with Crippen LogP contribution in [0.5, 0.6) is 0 Å². The van der Waals surface area contributed by atoms with Gasteiger partial charge >= 0.3 is 0 Å². The fourth-order valence-electron chi connectivity index (χ4n) is 2.46. The Balaban J connectivity index is 2.06. The number of hydrogen-bond acceptors (Lipinski definition) is 3. The van der Waals surface area contributed by atoms with Crippen LogP contribution < -0.4 is 0 Å². The molecule has 0 radical (unpaired) electrons. The lowest BCUT2D eigenvalue weighted by Crippen LogP contribution is -2.04. The van der Waals surface area contributed by atoms with Gasteiger partial charge in [0.05, 0.1) is 34.8 Å². The van der Waals surface area contributed by atoms with Crippen LogP contribution in [-0.2, 0) is 6.42 Å². The van der Waals surface area contributed by atoms with Crippen LogP contribution in [0.2, 0.25) is 0 Å². The number of carbonyl (C=O) groups excluding carboxylic acids is 1. The maximum Gasteiger partial charge on any atom is 0.166 e. The average Bonchev–Trinajstić information content (AvgIpc) is 2.79. The van der Waals surface area contributed by atoms with Crippen LogP contribution in [0.3, 0.4) is 0 Å². The summed E-state index contributed by atoms with van der Waals surface area (Å²) < 4.78 is 1.82. The van der Waals surface area contributed by atoms with Crippen molar-refractivity contribution in [1.82, 2.24) is 9.78 Å². The summed E-state index contributed by atoms with van der Waals surface area (Å²) in [5.74, 6) is 0.187. The molecule has 0 aliphatic heterocycles. The minimum Gasteiger partial charge on any atom is -0.294 e. The molecule has 0 unspecified atom stereocenters. The number of aromatic nitrogens is 2. The van der Waals surface area contributed by atoms with Gasteiger partial charge in [-0.3, -0.25) is 4.79 Å². The van der Waals surface area contributed by atoms with Gasteiger partial charge in [-0.2, -0.15) is 10.4 Å². The van der Waals surface area contributed by atoms with Gasteiger partial charge in [-0.15, -0.1) is 0 Å². The molecular weight excluding hydrogens is 238 g/mol. The molecule has 0 atom stereocenters. The lowest BCUT2D eigenvalue weighted by Gasteiger charge is -2.07. The highest BCUT2D eigenvalue weighted by molar-refractivity contribution is 5.97. The highest BCUT2D eigenvalue weighted by Gasteiger charge is 2.20. The largest absolute Gasteiger partial charge is 0.294 e. The number of hydrogen-bond donors (Lipinski definition) is 0. The number of benzene rings is 1. The van der Waals surface area contributed by atoms with E-state index in [9.17, 15) is 4.79 Å². The fourth-order valence-corrected chi connectivity index (χ4v) is 2.46. The first kappa shape index (κ1) is 11.7. The van der Waals surface area contributed by atoms with Crippen LogP contribution >= 0.6 is 0 Å². The Morgan fingerprint density at radius 2 is 1.89 bits per heavy atom. The van der Waals surface area contributed by atoms with E-state index in [-0.39, 0.29) is 5.78 Å². The van der Waals surface area contributed by atoms with Gasteiger partial charge in [0, 0.05) is 6.42 Å². The minimum absolute atomic E-state index is 0.187. The van der Waals surface area contributed by atoms with E-state index in [0.29, 0.717) is 12.0 Å². The third kappa shape index (κ3) is 2.04. The highest BCUT2D eigenvalue weighted by Crippen LogP contribution is 2.23. The zero-order valence-corrected chi connectivity index (χ0v) is 10.5. The first-order valence-corrected chi connectivity index (χ1v) is 6.40. The number of carbonyl (C=O) groups is 1. The van der Waals surface area contributed by atoms with E-state index >= 15 is 0 Å². The van der Waals surface area contributed by atoms with E-state index in [1.807, 2.05) is 16.8 Å². The maximum atomic E-state index is 12.0. The monoisotopic (exact) mass is 251 g/mol. The van der Waals surface area contributed by atoms with E-state index < -0.39 is 0 Å². The summed E-state index contributed by atoms with van der Waals surface area (Å²) in [6.07, 6.45) is 5.12. The van der Waals surface area contributed by atoms with Gasteiger partial charge in [0.15, 0.2) is 5.78 Å². The van der Waals surface area contributed by atoms with Crippen LogP contribution in [-0.4, -0.2) is 15.6 Å². The highest BCUT2D eigenvalue weighted by atomic mass is 16.1. The topological polar surface area (TPSA) is 58.7 Å². The Kier molecular flexibility index (Phi) is 2.88. The molecule has 0 N–H and O–H groups in total. The van der Waals surface area contributed by atoms with Crippen molar-refractivity contribution in [3.63, 3.8) is 0 Å². The van der Waals surface area contributed by atoms with Crippen molar-refractivity contribution in [3.05, 3.63) is 47.3 Å². The van der Waals surface area contributed by atoms with Crippen LogP contribution in [0.1, 0.15) is 40.9 Å². The number of nitriles is 1. The third-order valence-electron chi connectivity index (χ3n) is 3.48. The summed E-state index contributed by atoms with van der Waals surface area (Å²) >= 11 is 0. The van der Waals surface area contributed by atoms with E-state index in [0.717, 1.165) is 36.2 Å². The molecule has 1 heterocycles. The van der Waals surface area contributed by atoms with E-state index in [4.69, 9.17) is 5.26 Å². The minimum atomic E-state index is 0.187.